The van der Waals surface area contributed by atoms with Gasteiger partial charge in [-0.2, -0.15) is 11.8 Å². The van der Waals surface area contributed by atoms with Crippen molar-refractivity contribution in [3.63, 3.8) is 0 Å². The monoisotopic (exact) mass is 270 g/mol. The number of nitrogens with one attached hydrogen (secondary N) is 1. The molecule has 0 aromatic heterocycles. The molecule has 0 bridgehead atoms. The van der Waals surface area contributed by atoms with Gasteiger partial charge in [-0.1, -0.05) is 13.8 Å². The van der Waals surface area contributed by atoms with Gasteiger partial charge in [-0.25, -0.2) is 0 Å². The Morgan fingerprint density at radius 1 is 1.44 bits per heavy atom. The van der Waals surface area contributed by atoms with Gasteiger partial charge in [0.2, 0.25) is 0 Å². The van der Waals surface area contributed by atoms with E-state index in [0.29, 0.717) is 0 Å². The summed E-state index contributed by atoms with van der Waals surface area (Å²) in [5.41, 5.74) is 0. The van der Waals surface area contributed by atoms with Crippen molar-refractivity contribution in [2.45, 2.75) is 44.8 Å². The van der Waals surface area contributed by atoms with Crippen LogP contribution < -0.4 is 5.32 Å². The normalized spacial score (nSPS) is 32.3. The fourth-order valence-corrected chi connectivity index (χ4v) is 4.47. The summed E-state index contributed by atoms with van der Waals surface area (Å²) in [5, 5.41) is 4.45. The van der Waals surface area contributed by atoms with E-state index in [4.69, 9.17) is 0 Å². The average molecular weight is 270 g/mol. The maximum atomic E-state index is 3.55. The molecule has 1 N–H and O–H groups in total. The molecule has 2 nitrogen and oxygen atoms in total. The summed E-state index contributed by atoms with van der Waals surface area (Å²) in [6, 6.07) is 0. The molecule has 3 atom stereocenters. The van der Waals surface area contributed by atoms with E-state index in [2.05, 4.69) is 35.8 Å². The molecule has 106 valence electrons. The number of hydrogen-bond donors (Lipinski definition) is 1. The molecule has 0 aromatic rings. The summed E-state index contributed by atoms with van der Waals surface area (Å²) in [4.78, 5) is 2.71. The minimum absolute atomic E-state index is 0.894. The number of nitrogens with zero attached hydrogens (tertiary/aromatic N) is 1. The molecule has 18 heavy (non-hydrogen) atoms. The van der Waals surface area contributed by atoms with Crippen LogP contribution in [0.25, 0.3) is 0 Å². The van der Waals surface area contributed by atoms with Crippen molar-refractivity contribution in [1.29, 1.82) is 0 Å². The fourth-order valence-electron chi connectivity index (χ4n) is 3.22. The highest BCUT2D eigenvalue weighted by Crippen LogP contribution is 2.25. The Bertz CT molecular complexity index is 227. The van der Waals surface area contributed by atoms with Crippen molar-refractivity contribution in [2.75, 3.05) is 38.5 Å². The maximum Gasteiger partial charge on any atom is 0.0172 e. The lowest BCUT2D eigenvalue weighted by Gasteiger charge is -2.34. The lowest BCUT2D eigenvalue weighted by atomic mass is 9.85. The maximum absolute atomic E-state index is 3.55. The van der Waals surface area contributed by atoms with Gasteiger partial charge >= 0.3 is 0 Å². The highest BCUT2D eigenvalue weighted by atomic mass is 32.2. The van der Waals surface area contributed by atoms with Crippen LogP contribution in [-0.4, -0.2) is 48.6 Å². The van der Waals surface area contributed by atoms with E-state index in [9.17, 15) is 0 Å². The number of rotatable bonds is 5. The fraction of sp³-hybridized carbons (Fsp3) is 1.00. The molecular weight excluding hydrogens is 240 g/mol. The van der Waals surface area contributed by atoms with E-state index in [0.717, 1.165) is 17.1 Å². The van der Waals surface area contributed by atoms with Crippen LogP contribution in [0.3, 0.4) is 0 Å². The van der Waals surface area contributed by atoms with Gasteiger partial charge in [-0.15, -0.1) is 0 Å². The van der Waals surface area contributed by atoms with Crippen molar-refractivity contribution in [1.82, 2.24) is 10.2 Å². The van der Waals surface area contributed by atoms with Gasteiger partial charge in [0.05, 0.1) is 0 Å². The predicted molar refractivity (Wildman–Crippen MR) is 82.4 cm³/mol. The second-order valence-electron chi connectivity index (χ2n) is 6.07. The molecule has 3 unspecified atom stereocenters. The lowest BCUT2D eigenvalue weighted by Crippen LogP contribution is -2.40. The first-order valence-corrected chi connectivity index (χ1v) is 8.89. The van der Waals surface area contributed by atoms with E-state index in [1.54, 1.807) is 0 Å². The Kier molecular flexibility index (Phi) is 6.33. The Hall–Kier alpha value is 0.270. The molecule has 3 heteroatoms. The SMILES string of the molecule is CCC1CN(CCC(C)C2CCCNC2)CCS1. The molecule has 2 fully saturated rings. The summed E-state index contributed by atoms with van der Waals surface area (Å²) >= 11 is 2.18. The largest absolute Gasteiger partial charge is 0.316 e. The quantitative estimate of drug-likeness (QED) is 0.827. The van der Waals surface area contributed by atoms with E-state index >= 15 is 0 Å². The van der Waals surface area contributed by atoms with Crippen LogP contribution in [0.2, 0.25) is 0 Å². The minimum Gasteiger partial charge on any atom is -0.316 e. The van der Waals surface area contributed by atoms with Crippen molar-refractivity contribution >= 4 is 11.8 Å². The molecule has 2 saturated heterocycles. The Morgan fingerprint density at radius 2 is 2.33 bits per heavy atom. The lowest BCUT2D eigenvalue weighted by molar-refractivity contribution is 0.215. The van der Waals surface area contributed by atoms with Gasteiger partial charge in [0.1, 0.15) is 0 Å². The van der Waals surface area contributed by atoms with Crippen molar-refractivity contribution in [3.8, 4) is 0 Å². The first-order valence-electron chi connectivity index (χ1n) is 7.84. The molecule has 2 heterocycles. The van der Waals surface area contributed by atoms with Crippen LogP contribution in [0.5, 0.6) is 0 Å². The van der Waals surface area contributed by atoms with Crippen LogP contribution in [0.1, 0.15) is 39.5 Å². The van der Waals surface area contributed by atoms with E-state index in [1.807, 2.05) is 0 Å². The average Bonchev–Trinajstić information content (AvgIpc) is 2.46. The third-order valence-corrected chi connectivity index (χ3v) is 6.09. The zero-order valence-corrected chi connectivity index (χ0v) is 13.0. The standard InChI is InChI=1S/C15H30N2S/c1-3-15-12-17(9-10-18-15)8-6-13(2)14-5-4-7-16-11-14/h13-16H,3-12H2,1-2H3. The third-order valence-electron chi connectivity index (χ3n) is 4.72. The van der Waals surface area contributed by atoms with Gasteiger partial charge in [0.15, 0.2) is 0 Å². The van der Waals surface area contributed by atoms with Crippen LogP contribution >= 0.6 is 11.8 Å². The molecule has 2 aliphatic heterocycles. The van der Waals surface area contributed by atoms with Crippen LogP contribution in [0.4, 0.5) is 0 Å². The van der Waals surface area contributed by atoms with Crippen LogP contribution in [0.15, 0.2) is 0 Å². The Balaban J connectivity index is 1.66. The van der Waals surface area contributed by atoms with E-state index in [1.165, 1.54) is 64.2 Å². The zero-order chi connectivity index (χ0) is 12.8. The van der Waals surface area contributed by atoms with E-state index in [-0.39, 0.29) is 0 Å². The topological polar surface area (TPSA) is 15.3 Å². The molecule has 0 aliphatic carbocycles. The molecule has 0 aromatic carbocycles. The molecule has 2 aliphatic rings. The second-order valence-corrected chi connectivity index (χ2v) is 7.48. The van der Waals surface area contributed by atoms with Gasteiger partial charge < -0.3 is 10.2 Å². The third kappa shape index (κ3) is 4.43. The van der Waals surface area contributed by atoms with Gasteiger partial charge in [0, 0.05) is 24.1 Å². The second kappa shape index (κ2) is 7.76. The number of hydrogen-bond acceptors (Lipinski definition) is 3. The number of piperidine rings is 1. The molecule has 0 radical (unpaired) electrons. The van der Waals surface area contributed by atoms with Crippen molar-refractivity contribution in [3.05, 3.63) is 0 Å². The highest BCUT2D eigenvalue weighted by Gasteiger charge is 2.22. The first-order chi connectivity index (χ1) is 8.79. The zero-order valence-electron chi connectivity index (χ0n) is 12.2. The molecular formula is C15H30N2S. The van der Waals surface area contributed by atoms with Gasteiger partial charge in [-0.05, 0) is 57.2 Å². The minimum atomic E-state index is 0.894. The molecule has 0 saturated carbocycles. The molecule has 0 spiro atoms. The predicted octanol–water partition coefficient (Wildman–Crippen LogP) is 2.84. The summed E-state index contributed by atoms with van der Waals surface area (Å²) in [6.07, 6.45) is 5.56. The summed E-state index contributed by atoms with van der Waals surface area (Å²) in [5.74, 6) is 3.17. The Labute approximate surface area is 117 Å². The van der Waals surface area contributed by atoms with Crippen molar-refractivity contribution in [2.24, 2.45) is 11.8 Å². The summed E-state index contributed by atoms with van der Waals surface area (Å²) in [7, 11) is 0. The summed E-state index contributed by atoms with van der Waals surface area (Å²) in [6.45, 7) is 11.3. The Morgan fingerprint density at radius 3 is 3.06 bits per heavy atom. The molecule has 2 rings (SSSR count). The number of thioether (sulfide) groups is 1. The van der Waals surface area contributed by atoms with Crippen LogP contribution in [0, 0.1) is 11.8 Å². The van der Waals surface area contributed by atoms with Crippen molar-refractivity contribution < 1.29 is 0 Å². The van der Waals surface area contributed by atoms with E-state index < -0.39 is 0 Å². The smallest absolute Gasteiger partial charge is 0.0172 e. The highest BCUT2D eigenvalue weighted by molar-refractivity contribution is 8.00. The molecule has 0 amide bonds. The first kappa shape index (κ1) is 14.7. The summed E-state index contributed by atoms with van der Waals surface area (Å²) < 4.78 is 0. The van der Waals surface area contributed by atoms with Gasteiger partial charge in [0.25, 0.3) is 0 Å². The van der Waals surface area contributed by atoms with Crippen LogP contribution in [-0.2, 0) is 0 Å². The van der Waals surface area contributed by atoms with Gasteiger partial charge in [-0.3, -0.25) is 0 Å².